The van der Waals surface area contributed by atoms with E-state index in [9.17, 15) is 0 Å². The molecule has 2 heteroatoms. The molecule has 0 aliphatic carbocycles. The fourth-order valence-electron chi connectivity index (χ4n) is 2.83. The van der Waals surface area contributed by atoms with Gasteiger partial charge in [-0.1, -0.05) is 71.1 Å². The molecule has 0 N–H and O–H groups in total. The minimum Gasteiger partial charge on any atom is -0.306 e. The Bertz CT molecular complexity index is 182. The lowest BCUT2D eigenvalue weighted by atomic mass is 10.0. The quantitative estimate of drug-likeness (QED) is 0.255. The molecule has 0 saturated carbocycles. The van der Waals surface area contributed by atoms with E-state index in [1.165, 1.54) is 83.5 Å². The van der Waals surface area contributed by atoms with Crippen molar-refractivity contribution in [3.63, 3.8) is 0 Å². The van der Waals surface area contributed by atoms with Gasteiger partial charge in [0.25, 0.3) is 0 Å². The number of alkyl halides is 1. The van der Waals surface area contributed by atoms with E-state index < -0.39 is 0 Å². The lowest BCUT2D eigenvalue weighted by Gasteiger charge is -2.24. The maximum absolute atomic E-state index is 5.76. The molecule has 0 aromatic carbocycles. The van der Waals surface area contributed by atoms with E-state index in [-0.39, 0.29) is 0 Å². The summed E-state index contributed by atoms with van der Waals surface area (Å²) >= 11 is 5.76. The van der Waals surface area contributed by atoms with Crippen molar-refractivity contribution >= 4 is 11.6 Å². The van der Waals surface area contributed by atoms with Gasteiger partial charge in [0.1, 0.15) is 0 Å². The Morgan fingerprint density at radius 2 is 1.15 bits per heavy atom. The molecule has 0 aromatic rings. The third kappa shape index (κ3) is 13.2. The number of nitrogens with zero attached hydrogens (tertiary/aromatic N) is 1. The van der Waals surface area contributed by atoms with E-state index in [0.29, 0.717) is 0 Å². The molecule has 1 unspecified atom stereocenters. The third-order valence-corrected chi connectivity index (χ3v) is 4.56. The average Bonchev–Trinajstić information content (AvgIpc) is 2.43. The molecule has 0 saturated heterocycles. The van der Waals surface area contributed by atoms with Gasteiger partial charge in [-0.15, -0.1) is 11.6 Å². The third-order valence-electron chi connectivity index (χ3n) is 4.29. The molecule has 122 valence electrons. The van der Waals surface area contributed by atoms with Crippen LogP contribution in [0.15, 0.2) is 0 Å². The number of hydrogen-bond donors (Lipinski definition) is 0. The Kier molecular flexibility index (Phi) is 15.8. The Morgan fingerprint density at radius 3 is 1.60 bits per heavy atom. The van der Waals surface area contributed by atoms with Crippen LogP contribution in [0.4, 0.5) is 0 Å². The molecular weight excluding hydrogens is 266 g/mol. The van der Waals surface area contributed by atoms with Crippen LogP contribution in [0.5, 0.6) is 0 Å². The number of hydrogen-bond acceptors (Lipinski definition) is 1. The van der Waals surface area contributed by atoms with Crippen molar-refractivity contribution in [2.45, 2.75) is 96.4 Å². The van der Waals surface area contributed by atoms with Gasteiger partial charge in [0.2, 0.25) is 0 Å². The van der Waals surface area contributed by atoms with Gasteiger partial charge in [0, 0.05) is 11.9 Å². The van der Waals surface area contributed by atoms with Gasteiger partial charge in [-0.3, -0.25) is 0 Å². The Morgan fingerprint density at radius 1 is 0.700 bits per heavy atom. The zero-order valence-corrected chi connectivity index (χ0v) is 15.1. The van der Waals surface area contributed by atoms with Crippen LogP contribution in [-0.4, -0.2) is 30.9 Å². The second-order valence-corrected chi connectivity index (χ2v) is 6.80. The smallest absolute Gasteiger partial charge is 0.0223 e. The van der Waals surface area contributed by atoms with E-state index in [1.54, 1.807) is 0 Å². The van der Waals surface area contributed by atoms with Crippen molar-refractivity contribution in [2.24, 2.45) is 0 Å². The highest BCUT2D eigenvalue weighted by Gasteiger charge is 2.10. The lowest BCUT2D eigenvalue weighted by Crippen LogP contribution is -2.27. The second-order valence-electron chi connectivity index (χ2n) is 6.42. The van der Waals surface area contributed by atoms with Crippen LogP contribution in [0.1, 0.15) is 90.4 Å². The minimum absolute atomic E-state index is 0.766. The molecule has 1 atom stereocenters. The van der Waals surface area contributed by atoms with Gasteiger partial charge in [0.05, 0.1) is 0 Å². The fraction of sp³-hybridized carbons (Fsp3) is 1.00. The summed E-state index contributed by atoms with van der Waals surface area (Å²) in [6.07, 6.45) is 18.0. The highest BCUT2D eigenvalue weighted by Crippen LogP contribution is 2.16. The molecular formula is C18H38ClN. The molecule has 0 aromatic heterocycles. The van der Waals surface area contributed by atoms with E-state index in [2.05, 4.69) is 25.9 Å². The molecule has 0 heterocycles. The van der Waals surface area contributed by atoms with Gasteiger partial charge in [0.15, 0.2) is 0 Å². The molecule has 0 rings (SSSR count). The maximum Gasteiger partial charge on any atom is 0.0223 e. The van der Waals surface area contributed by atoms with Crippen LogP contribution in [-0.2, 0) is 0 Å². The standard InChI is InChI=1S/C18H38ClN/c1-4-5-6-7-8-9-10-11-12-15-18(20(2)3)16-13-14-17-19/h18H,4-17H2,1-3H3. The first-order chi connectivity index (χ1) is 9.72. The van der Waals surface area contributed by atoms with Crippen molar-refractivity contribution in [2.75, 3.05) is 20.0 Å². The average molecular weight is 304 g/mol. The predicted molar refractivity (Wildman–Crippen MR) is 93.9 cm³/mol. The maximum atomic E-state index is 5.76. The van der Waals surface area contributed by atoms with E-state index in [4.69, 9.17) is 11.6 Å². The molecule has 0 aliphatic rings. The molecule has 0 amide bonds. The fourth-order valence-corrected chi connectivity index (χ4v) is 3.01. The van der Waals surface area contributed by atoms with E-state index in [1.807, 2.05) is 0 Å². The summed E-state index contributed by atoms with van der Waals surface area (Å²) in [6.45, 7) is 2.29. The molecule has 0 spiro atoms. The van der Waals surface area contributed by atoms with E-state index >= 15 is 0 Å². The van der Waals surface area contributed by atoms with Crippen molar-refractivity contribution in [3.05, 3.63) is 0 Å². The molecule has 0 bridgehead atoms. The summed E-state index contributed by atoms with van der Waals surface area (Å²) in [6, 6.07) is 0.766. The highest BCUT2D eigenvalue weighted by atomic mass is 35.5. The summed E-state index contributed by atoms with van der Waals surface area (Å²) in [7, 11) is 4.44. The summed E-state index contributed by atoms with van der Waals surface area (Å²) in [5.41, 5.74) is 0. The summed E-state index contributed by atoms with van der Waals surface area (Å²) in [5.74, 6) is 0.818. The van der Waals surface area contributed by atoms with Crippen LogP contribution in [0.3, 0.4) is 0 Å². The topological polar surface area (TPSA) is 3.24 Å². The normalized spacial score (nSPS) is 13.1. The first-order valence-electron chi connectivity index (χ1n) is 8.94. The zero-order valence-electron chi connectivity index (χ0n) is 14.3. The van der Waals surface area contributed by atoms with Gasteiger partial charge < -0.3 is 4.90 Å². The van der Waals surface area contributed by atoms with Crippen LogP contribution in [0.2, 0.25) is 0 Å². The van der Waals surface area contributed by atoms with Gasteiger partial charge in [-0.25, -0.2) is 0 Å². The minimum atomic E-state index is 0.766. The van der Waals surface area contributed by atoms with Gasteiger partial charge >= 0.3 is 0 Å². The number of unbranched alkanes of at least 4 members (excludes halogenated alkanes) is 9. The monoisotopic (exact) mass is 303 g/mol. The second kappa shape index (κ2) is 15.6. The van der Waals surface area contributed by atoms with E-state index in [0.717, 1.165) is 11.9 Å². The van der Waals surface area contributed by atoms with Crippen molar-refractivity contribution in [1.82, 2.24) is 4.90 Å². The SMILES string of the molecule is CCCCCCCCCCCC(CCCCCl)N(C)C. The van der Waals surface area contributed by atoms with Gasteiger partial charge in [-0.2, -0.15) is 0 Å². The zero-order chi connectivity index (χ0) is 15.1. The molecule has 0 aliphatic heterocycles. The number of halogens is 1. The molecule has 0 radical (unpaired) electrons. The highest BCUT2D eigenvalue weighted by molar-refractivity contribution is 6.17. The summed E-state index contributed by atoms with van der Waals surface area (Å²) in [4.78, 5) is 2.40. The summed E-state index contributed by atoms with van der Waals surface area (Å²) < 4.78 is 0. The van der Waals surface area contributed by atoms with Crippen LogP contribution in [0.25, 0.3) is 0 Å². The first kappa shape index (κ1) is 20.2. The Balaban J connectivity index is 3.40. The number of rotatable bonds is 15. The molecule has 0 fully saturated rings. The Hall–Kier alpha value is 0.250. The summed E-state index contributed by atoms with van der Waals surface area (Å²) in [5, 5.41) is 0. The Labute approximate surface area is 133 Å². The van der Waals surface area contributed by atoms with Crippen LogP contribution < -0.4 is 0 Å². The molecule has 20 heavy (non-hydrogen) atoms. The van der Waals surface area contributed by atoms with Crippen LogP contribution in [0, 0.1) is 0 Å². The van der Waals surface area contributed by atoms with Crippen LogP contribution >= 0.6 is 11.6 Å². The van der Waals surface area contributed by atoms with Crippen molar-refractivity contribution < 1.29 is 0 Å². The predicted octanol–water partition coefficient (Wildman–Crippen LogP) is 6.25. The first-order valence-corrected chi connectivity index (χ1v) is 9.48. The van der Waals surface area contributed by atoms with Crippen molar-refractivity contribution in [1.29, 1.82) is 0 Å². The van der Waals surface area contributed by atoms with Crippen molar-refractivity contribution in [3.8, 4) is 0 Å². The largest absolute Gasteiger partial charge is 0.306 e. The van der Waals surface area contributed by atoms with Gasteiger partial charge in [-0.05, 0) is 33.4 Å². The molecule has 1 nitrogen and oxygen atoms in total. The lowest BCUT2D eigenvalue weighted by molar-refractivity contribution is 0.253.